The molecular weight excluding hydrogens is 290 g/mol. The average molecular weight is 317 g/mol. The largest absolute Gasteiger partial charge is 0.356 e. The smallest absolute Gasteiger partial charge is 0.221 e. The highest BCUT2D eigenvalue weighted by Crippen LogP contribution is 2.24. The second-order valence-corrected chi connectivity index (χ2v) is 6.21. The van der Waals surface area contributed by atoms with Crippen molar-refractivity contribution in [3.8, 4) is 0 Å². The van der Waals surface area contributed by atoms with E-state index in [2.05, 4.69) is 46.7 Å². The van der Waals surface area contributed by atoms with Crippen molar-refractivity contribution in [2.24, 2.45) is 0 Å². The molecule has 1 heterocycles. The van der Waals surface area contributed by atoms with Crippen molar-refractivity contribution in [2.45, 2.75) is 39.2 Å². The van der Waals surface area contributed by atoms with E-state index in [9.17, 15) is 9.59 Å². The summed E-state index contributed by atoms with van der Waals surface area (Å²) in [4.78, 5) is 25.2. The van der Waals surface area contributed by atoms with Gasteiger partial charge in [0.25, 0.3) is 0 Å². The number of nitrogens with one attached hydrogen (secondary N) is 2. The van der Waals surface area contributed by atoms with Gasteiger partial charge >= 0.3 is 0 Å². The maximum Gasteiger partial charge on any atom is 0.221 e. The van der Waals surface area contributed by atoms with Gasteiger partial charge in [-0.15, -0.1) is 0 Å². The summed E-state index contributed by atoms with van der Waals surface area (Å²) < 4.78 is 0. The molecule has 2 N–H and O–H groups in total. The van der Waals surface area contributed by atoms with Gasteiger partial charge < -0.3 is 10.6 Å². The molecule has 0 bridgehead atoms. The van der Waals surface area contributed by atoms with Crippen LogP contribution in [-0.4, -0.2) is 42.9 Å². The Bertz CT molecular complexity index is 522. The standard InChI is InChI=1S/C18H27N3O2/c1-14-5-7-16(8-6-14)17(21-11-3-4-12-21)13-20-18(23)9-10-19-15(2)22/h5-8,17H,3-4,9-13H2,1-2H3,(H,19,22)(H,20,23). The Morgan fingerprint density at radius 3 is 2.39 bits per heavy atom. The number of benzene rings is 1. The van der Waals surface area contributed by atoms with Crippen LogP contribution in [0.2, 0.25) is 0 Å². The number of likely N-dealkylation sites (tertiary alicyclic amines) is 1. The van der Waals surface area contributed by atoms with Crippen LogP contribution in [0.15, 0.2) is 24.3 Å². The first kappa shape index (κ1) is 17.5. The van der Waals surface area contributed by atoms with E-state index in [0.717, 1.165) is 13.1 Å². The molecule has 2 rings (SSSR count). The Morgan fingerprint density at radius 2 is 1.78 bits per heavy atom. The number of hydrogen-bond acceptors (Lipinski definition) is 3. The Kier molecular flexibility index (Phi) is 6.59. The lowest BCUT2D eigenvalue weighted by atomic mass is 10.0. The first-order valence-corrected chi connectivity index (χ1v) is 8.38. The Balaban J connectivity index is 1.91. The Hall–Kier alpha value is -1.88. The van der Waals surface area contributed by atoms with Crippen LogP contribution in [0.5, 0.6) is 0 Å². The molecule has 0 saturated carbocycles. The molecule has 1 unspecified atom stereocenters. The molecular formula is C18H27N3O2. The molecule has 1 aromatic rings. The molecule has 2 amide bonds. The summed E-state index contributed by atoms with van der Waals surface area (Å²) in [6.45, 7) is 6.71. The summed E-state index contributed by atoms with van der Waals surface area (Å²) >= 11 is 0. The Labute approximate surface area is 138 Å². The normalized spacial score (nSPS) is 16.1. The molecule has 1 atom stereocenters. The van der Waals surface area contributed by atoms with E-state index in [1.807, 2.05) is 0 Å². The van der Waals surface area contributed by atoms with E-state index in [-0.39, 0.29) is 17.9 Å². The zero-order valence-electron chi connectivity index (χ0n) is 14.1. The summed E-state index contributed by atoms with van der Waals surface area (Å²) in [6, 6.07) is 8.78. The van der Waals surface area contributed by atoms with Gasteiger partial charge in [0.15, 0.2) is 0 Å². The van der Waals surface area contributed by atoms with Crippen LogP contribution in [0.4, 0.5) is 0 Å². The summed E-state index contributed by atoms with van der Waals surface area (Å²) in [7, 11) is 0. The molecule has 1 aliphatic heterocycles. The van der Waals surface area contributed by atoms with E-state index >= 15 is 0 Å². The number of nitrogens with zero attached hydrogens (tertiary/aromatic N) is 1. The van der Waals surface area contributed by atoms with E-state index in [1.54, 1.807) is 0 Å². The highest BCUT2D eigenvalue weighted by molar-refractivity contribution is 5.77. The minimum Gasteiger partial charge on any atom is -0.356 e. The van der Waals surface area contributed by atoms with Crippen molar-refractivity contribution in [1.82, 2.24) is 15.5 Å². The first-order chi connectivity index (χ1) is 11.1. The number of carbonyl (C=O) groups is 2. The summed E-state index contributed by atoms with van der Waals surface area (Å²) in [5, 5.41) is 5.66. The molecule has 5 nitrogen and oxygen atoms in total. The maximum atomic E-state index is 11.9. The topological polar surface area (TPSA) is 61.4 Å². The third kappa shape index (κ3) is 5.67. The lowest BCUT2D eigenvalue weighted by Gasteiger charge is -2.28. The summed E-state index contributed by atoms with van der Waals surface area (Å²) in [5.74, 6) is -0.123. The van der Waals surface area contributed by atoms with Crippen LogP contribution < -0.4 is 10.6 Å². The van der Waals surface area contributed by atoms with Crippen LogP contribution in [0.25, 0.3) is 0 Å². The van der Waals surface area contributed by atoms with Gasteiger partial charge in [-0.25, -0.2) is 0 Å². The minimum atomic E-state index is -0.104. The van der Waals surface area contributed by atoms with Crippen LogP contribution in [0.3, 0.4) is 0 Å². The summed E-state index contributed by atoms with van der Waals surface area (Å²) in [6.07, 6.45) is 2.76. The van der Waals surface area contributed by atoms with Gasteiger partial charge in [-0.2, -0.15) is 0 Å². The zero-order chi connectivity index (χ0) is 16.7. The SMILES string of the molecule is CC(=O)NCCC(=O)NCC(c1ccc(C)cc1)N1CCCC1. The third-order valence-electron chi connectivity index (χ3n) is 4.26. The number of hydrogen-bond donors (Lipinski definition) is 2. The monoisotopic (exact) mass is 317 g/mol. The van der Waals surface area contributed by atoms with Crippen LogP contribution in [-0.2, 0) is 9.59 Å². The predicted molar refractivity (Wildman–Crippen MR) is 91.0 cm³/mol. The fourth-order valence-electron chi connectivity index (χ4n) is 2.95. The Morgan fingerprint density at radius 1 is 1.13 bits per heavy atom. The predicted octanol–water partition coefficient (Wildman–Crippen LogP) is 1.77. The van der Waals surface area contributed by atoms with Crippen molar-refractivity contribution >= 4 is 11.8 Å². The number of aryl methyl sites for hydroxylation is 1. The van der Waals surface area contributed by atoms with Crippen molar-refractivity contribution < 1.29 is 9.59 Å². The molecule has 0 radical (unpaired) electrons. The molecule has 1 aromatic carbocycles. The van der Waals surface area contributed by atoms with Gasteiger partial charge in [-0.3, -0.25) is 14.5 Å². The lowest BCUT2D eigenvalue weighted by Crippen LogP contribution is -2.37. The fraction of sp³-hybridized carbons (Fsp3) is 0.556. The first-order valence-electron chi connectivity index (χ1n) is 8.38. The number of amides is 2. The van der Waals surface area contributed by atoms with Crippen LogP contribution >= 0.6 is 0 Å². The second kappa shape index (κ2) is 8.67. The molecule has 126 valence electrons. The third-order valence-corrected chi connectivity index (χ3v) is 4.26. The van der Waals surface area contributed by atoms with E-state index < -0.39 is 0 Å². The van der Waals surface area contributed by atoms with E-state index in [1.165, 1.54) is 30.9 Å². The highest BCUT2D eigenvalue weighted by Gasteiger charge is 2.23. The maximum absolute atomic E-state index is 11.9. The molecule has 0 aromatic heterocycles. The molecule has 0 aliphatic carbocycles. The molecule has 23 heavy (non-hydrogen) atoms. The van der Waals surface area contributed by atoms with E-state index in [0.29, 0.717) is 19.5 Å². The number of rotatable bonds is 7. The van der Waals surface area contributed by atoms with Gasteiger partial charge in [0.1, 0.15) is 0 Å². The van der Waals surface area contributed by atoms with Crippen molar-refractivity contribution in [3.63, 3.8) is 0 Å². The second-order valence-electron chi connectivity index (χ2n) is 6.21. The van der Waals surface area contributed by atoms with Gasteiger partial charge in [0, 0.05) is 26.4 Å². The van der Waals surface area contributed by atoms with E-state index in [4.69, 9.17) is 0 Å². The molecule has 1 aliphatic rings. The molecule has 1 fully saturated rings. The van der Waals surface area contributed by atoms with Crippen molar-refractivity contribution in [1.29, 1.82) is 0 Å². The zero-order valence-corrected chi connectivity index (χ0v) is 14.1. The average Bonchev–Trinajstić information content (AvgIpc) is 3.03. The fourth-order valence-corrected chi connectivity index (χ4v) is 2.95. The van der Waals surface area contributed by atoms with Gasteiger partial charge in [-0.05, 0) is 38.4 Å². The molecule has 5 heteroatoms. The molecule has 1 saturated heterocycles. The van der Waals surface area contributed by atoms with Crippen LogP contribution in [0.1, 0.15) is 43.4 Å². The van der Waals surface area contributed by atoms with Crippen molar-refractivity contribution in [3.05, 3.63) is 35.4 Å². The number of carbonyl (C=O) groups excluding carboxylic acids is 2. The van der Waals surface area contributed by atoms with Gasteiger partial charge in [-0.1, -0.05) is 29.8 Å². The van der Waals surface area contributed by atoms with Gasteiger partial charge in [0.05, 0.1) is 6.04 Å². The molecule has 0 spiro atoms. The summed E-state index contributed by atoms with van der Waals surface area (Å²) in [5.41, 5.74) is 2.49. The highest BCUT2D eigenvalue weighted by atomic mass is 16.2. The van der Waals surface area contributed by atoms with Crippen LogP contribution in [0, 0.1) is 6.92 Å². The quantitative estimate of drug-likeness (QED) is 0.806. The van der Waals surface area contributed by atoms with Crippen molar-refractivity contribution in [2.75, 3.05) is 26.2 Å². The van der Waals surface area contributed by atoms with Gasteiger partial charge in [0.2, 0.25) is 11.8 Å². The minimum absolute atomic E-state index is 0.0185. The lowest BCUT2D eigenvalue weighted by molar-refractivity contribution is -0.121.